The van der Waals surface area contributed by atoms with Crippen LogP contribution in [-0.2, 0) is 17.1 Å². The number of piperazine rings is 1. The molecule has 0 bridgehead atoms. The van der Waals surface area contributed by atoms with E-state index in [9.17, 15) is 9.18 Å². The van der Waals surface area contributed by atoms with Crippen LogP contribution >= 0.6 is 23.4 Å². The summed E-state index contributed by atoms with van der Waals surface area (Å²) in [5.41, 5.74) is 1.51. The molecule has 2 aromatic rings. The van der Waals surface area contributed by atoms with E-state index in [2.05, 4.69) is 9.88 Å². The summed E-state index contributed by atoms with van der Waals surface area (Å²) < 4.78 is 13.9. The third-order valence-electron chi connectivity index (χ3n) is 4.37. The Morgan fingerprint density at radius 1 is 1.15 bits per heavy atom. The fraction of sp³-hybridized carbons (Fsp3) is 0.368. The second-order valence-electron chi connectivity index (χ2n) is 6.17. The number of benzene rings is 1. The Bertz CT molecular complexity index is 719. The predicted molar refractivity (Wildman–Crippen MR) is 104 cm³/mol. The summed E-state index contributed by atoms with van der Waals surface area (Å²) in [5, 5.41) is 0.453. The zero-order chi connectivity index (χ0) is 18.4. The van der Waals surface area contributed by atoms with E-state index >= 15 is 0 Å². The summed E-state index contributed by atoms with van der Waals surface area (Å²) in [7, 11) is 0. The zero-order valence-corrected chi connectivity index (χ0v) is 16.0. The van der Waals surface area contributed by atoms with Gasteiger partial charge in [0.2, 0.25) is 5.91 Å². The number of amides is 1. The lowest BCUT2D eigenvalue weighted by Crippen LogP contribution is -2.48. The van der Waals surface area contributed by atoms with E-state index in [-0.39, 0.29) is 11.7 Å². The fourth-order valence-corrected chi connectivity index (χ4v) is 3.94. The highest BCUT2D eigenvalue weighted by molar-refractivity contribution is 7.99. The fourth-order valence-electron chi connectivity index (χ4n) is 2.88. The van der Waals surface area contributed by atoms with Crippen LogP contribution in [0.1, 0.15) is 11.3 Å². The van der Waals surface area contributed by atoms with Gasteiger partial charge in [0, 0.05) is 55.3 Å². The average molecular weight is 394 g/mol. The summed E-state index contributed by atoms with van der Waals surface area (Å²) in [6.07, 6.45) is 1.76. The Morgan fingerprint density at radius 3 is 2.65 bits per heavy atom. The lowest BCUT2D eigenvalue weighted by atomic mass is 10.2. The molecule has 2 heterocycles. The minimum absolute atomic E-state index is 0.148. The minimum atomic E-state index is -0.276. The summed E-state index contributed by atoms with van der Waals surface area (Å²) in [6, 6.07) is 10.5. The molecule has 138 valence electrons. The van der Waals surface area contributed by atoms with Crippen LogP contribution < -0.4 is 0 Å². The molecule has 0 radical (unpaired) electrons. The first-order valence-electron chi connectivity index (χ1n) is 8.54. The molecule has 1 aromatic carbocycles. The third-order valence-corrected chi connectivity index (χ3v) is 5.68. The molecule has 1 fully saturated rings. The van der Waals surface area contributed by atoms with Gasteiger partial charge in [-0.3, -0.25) is 14.7 Å². The van der Waals surface area contributed by atoms with Gasteiger partial charge in [-0.1, -0.05) is 23.7 Å². The number of carbonyl (C=O) groups excluding carboxylic acids is 1. The van der Waals surface area contributed by atoms with Gasteiger partial charge in [0.1, 0.15) is 5.82 Å². The van der Waals surface area contributed by atoms with Crippen molar-refractivity contribution in [2.24, 2.45) is 0 Å². The van der Waals surface area contributed by atoms with Crippen molar-refractivity contribution in [3.63, 3.8) is 0 Å². The number of thioether (sulfide) groups is 1. The standard InChI is InChI=1S/C19H21ClFN3OS/c20-17-5-3-6-18(21)16(17)12-23-8-10-24(11-9-23)19(25)14-26-13-15-4-1-2-7-22-15/h1-7H,8-14H2. The van der Waals surface area contributed by atoms with Gasteiger partial charge in [0.25, 0.3) is 0 Å². The Kier molecular flexibility index (Phi) is 6.88. The maximum absolute atomic E-state index is 13.9. The maximum Gasteiger partial charge on any atom is 0.232 e. The highest BCUT2D eigenvalue weighted by Gasteiger charge is 2.22. The first-order valence-corrected chi connectivity index (χ1v) is 10.1. The van der Waals surface area contributed by atoms with Crippen LogP contribution in [0.4, 0.5) is 4.39 Å². The molecule has 4 nitrogen and oxygen atoms in total. The number of rotatable bonds is 6. The molecule has 1 aromatic heterocycles. The zero-order valence-electron chi connectivity index (χ0n) is 14.4. The number of nitrogens with zero attached hydrogens (tertiary/aromatic N) is 3. The van der Waals surface area contributed by atoms with Crippen molar-refractivity contribution in [2.75, 3.05) is 31.9 Å². The topological polar surface area (TPSA) is 36.4 Å². The Balaban J connectivity index is 1.42. The van der Waals surface area contributed by atoms with Crippen molar-refractivity contribution in [2.45, 2.75) is 12.3 Å². The molecule has 26 heavy (non-hydrogen) atoms. The molecule has 3 rings (SSSR count). The van der Waals surface area contributed by atoms with Gasteiger partial charge in [0.15, 0.2) is 0 Å². The molecule has 0 atom stereocenters. The summed E-state index contributed by atoms with van der Waals surface area (Å²) >= 11 is 7.68. The van der Waals surface area contributed by atoms with Crippen LogP contribution in [0, 0.1) is 5.82 Å². The molecule has 1 saturated heterocycles. The normalized spacial score (nSPS) is 15.2. The number of hydrogen-bond donors (Lipinski definition) is 0. The van der Waals surface area contributed by atoms with Gasteiger partial charge in [-0.25, -0.2) is 4.39 Å². The quantitative estimate of drug-likeness (QED) is 0.753. The van der Waals surface area contributed by atoms with Gasteiger partial charge in [-0.2, -0.15) is 0 Å². The van der Waals surface area contributed by atoms with E-state index in [0.29, 0.717) is 36.0 Å². The molecule has 1 amide bonds. The Hall–Kier alpha value is -1.63. The summed E-state index contributed by atoms with van der Waals surface area (Å²) in [5.74, 6) is 1.06. The number of halogens is 2. The van der Waals surface area contributed by atoms with Gasteiger partial charge in [-0.05, 0) is 24.3 Å². The SMILES string of the molecule is O=C(CSCc1ccccn1)N1CCN(Cc2c(F)cccc2Cl)CC1. The molecular weight excluding hydrogens is 373 g/mol. The van der Waals surface area contributed by atoms with Crippen molar-refractivity contribution in [3.05, 3.63) is 64.7 Å². The molecule has 0 saturated carbocycles. The van der Waals surface area contributed by atoms with Crippen molar-refractivity contribution in [1.82, 2.24) is 14.8 Å². The monoisotopic (exact) mass is 393 g/mol. The molecule has 0 unspecified atom stereocenters. The van der Waals surface area contributed by atoms with Crippen LogP contribution in [0.25, 0.3) is 0 Å². The predicted octanol–water partition coefficient (Wildman–Crippen LogP) is 3.45. The molecule has 0 spiro atoms. The van der Waals surface area contributed by atoms with E-state index < -0.39 is 0 Å². The van der Waals surface area contributed by atoms with Crippen molar-refractivity contribution < 1.29 is 9.18 Å². The van der Waals surface area contributed by atoms with Crippen molar-refractivity contribution >= 4 is 29.3 Å². The van der Waals surface area contributed by atoms with Gasteiger partial charge < -0.3 is 4.90 Å². The minimum Gasteiger partial charge on any atom is -0.339 e. The molecule has 0 aliphatic carbocycles. The van der Waals surface area contributed by atoms with Crippen LogP contribution in [-0.4, -0.2) is 52.6 Å². The van der Waals surface area contributed by atoms with Crippen LogP contribution in [0.5, 0.6) is 0 Å². The molecule has 0 N–H and O–H groups in total. The van der Waals surface area contributed by atoms with E-state index in [0.717, 1.165) is 24.5 Å². The summed E-state index contributed by atoms with van der Waals surface area (Å²) in [6.45, 7) is 3.24. The van der Waals surface area contributed by atoms with Crippen molar-refractivity contribution in [1.29, 1.82) is 0 Å². The molecular formula is C19H21ClFN3OS. The van der Waals surface area contributed by atoms with E-state index in [1.54, 1.807) is 30.1 Å². The molecule has 1 aliphatic rings. The van der Waals surface area contributed by atoms with Crippen LogP contribution in [0.3, 0.4) is 0 Å². The largest absolute Gasteiger partial charge is 0.339 e. The highest BCUT2D eigenvalue weighted by Crippen LogP contribution is 2.21. The van der Waals surface area contributed by atoms with Gasteiger partial charge in [-0.15, -0.1) is 11.8 Å². The van der Waals surface area contributed by atoms with Crippen LogP contribution in [0.2, 0.25) is 5.02 Å². The number of carbonyl (C=O) groups is 1. The second kappa shape index (κ2) is 9.35. The lowest BCUT2D eigenvalue weighted by molar-refractivity contribution is -0.130. The van der Waals surface area contributed by atoms with Crippen molar-refractivity contribution in [3.8, 4) is 0 Å². The Labute approximate surface area is 162 Å². The number of hydrogen-bond acceptors (Lipinski definition) is 4. The second-order valence-corrected chi connectivity index (χ2v) is 7.56. The Morgan fingerprint density at radius 2 is 1.96 bits per heavy atom. The summed E-state index contributed by atoms with van der Waals surface area (Å²) in [4.78, 5) is 20.6. The lowest BCUT2D eigenvalue weighted by Gasteiger charge is -2.35. The average Bonchev–Trinajstić information content (AvgIpc) is 2.66. The number of pyridine rings is 1. The van der Waals surface area contributed by atoms with E-state index in [1.165, 1.54) is 6.07 Å². The first-order chi connectivity index (χ1) is 12.6. The van der Waals surface area contributed by atoms with E-state index in [1.807, 2.05) is 23.1 Å². The molecule has 7 heteroatoms. The number of aromatic nitrogens is 1. The smallest absolute Gasteiger partial charge is 0.232 e. The highest BCUT2D eigenvalue weighted by atomic mass is 35.5. The third kappa shape index (κ3) is 5.19. The van der Waals surface area contributed by atoms with Gasteiger partial charge in [0.05, 0.1) is 11.4 Å². The van der Waals surface area contributed by atoms with Crippen LogP contribution in [0.15, 0.2) is 42.6 Å². The first kappa shape index (κ1) is 19.1. The maximum atomic E-state index is 13.9. The molecule has 1 aliphatic heterocycles. The van der Waals surface area contributed by atoms with Gasteiger partial charge >= 0.3 is 0 Å². The van der Waals surface area contributed by atoms with E-state index in [4.69, 9.17) is 11.6 Å².